The minimum Gasteiger partial charge on any atom is -0.478 e. The van der Waals surface area contributed by atoms with Crippen LogP contribution in [0.4, 0.5) is 0 Å². The van der Waals surface area contributed by atoms with E-state index in [1.807, 2.05) is 36.4 Å². The first-order chi connectivity index (χ1) is 12.0. The van der Waals surface area contributed by atoms with E-state index in [2.05, 4.69) is 19.7 Å². The molecule has 0 aliphatic rings. The smallest absolute Gasteiger partial charge is 0.339 e. The van der Waals surface area contributed by atoms with Crippen molar-refractivity contribution in [1.29, 1.82) is 0 Å². The normalized spacial score (nSPS) is 9.12. The summed E-state index contributed by atoms with van der Waals surface area (Å²) in [5, 5.41) is 8.81. The van der Waals surface area contributed by atoms with Crippen LogP contribution in [0, 0.1) is 0 Å². The Kier molecular flexibility index (Phi) is 8.16. The van der Waals surface area contributed by atoms with Gasteiger partial charge in [0.05, 0.1) is 11.1 Å². The second-order valence-corrected chi connectivity index (χ2v) is 4.78. The van der Waals surface area contributed by atoms with Gasteiger partial charge in [-0.1, -0.05) is 74.4 Å². The molecule has 0 atom stereocenters. The van der Waals surface area contributed by atoms with Crippen LogP contribution in [0.15, 0.2) is 74.3 Å². The van der Waals surface area contributed by atoms with Crippen LogP contribution < -0.4 is 0 Å². The van der Waals surface area contributed by atoms with Gasteiger partial charge in [-0.25, -0.2) is 9.59 Å². The van der Waals surface area contributed by atoms with Crippen LogP contribution in [-0.2, 0) is 4.74 Å². The fourth-order valence-electron chi connectivity index (χ4n) is 1.94. The lowest BCUT2D eigenvalue weighted by atomic mass is 10.1. The summed E-state index contributed by atoms with van der Waals surface area (Å²) in [5.41, 5.74) is 2.26. The third-order valence-corrected chi connectivity index (χ3v) is 3.15. The predicted octanol–water partition coefficient (Wildman–Crippen LogP) is 4.70. The van der Waals surface area contributed by atoms with Gasteiger partial charge in [0.15, 0.2) is 0 Å². The lowest BCUT2D eigenvalue weighted by Crippen LogP contribution is -2.11. The van der Waals surface area contributed by atoms with Crippen LogP contribution in [0.25, 0.3) is 12.2 Å². The summed E-state index contributed by atoms with van der Waals surface area (Å²) in [7, 11) is 0. The number of ether oxygens (including phenoxy) is 1. The second-order valence-electron chi connectivity index (χ2n) is 4.78. The Bertz CT molecular complexity index is 748. The monoisotopic (exact) mass is 336 g/mol. The fourth-order valence-corrected chi connectivity index (χ4v) is 1.94. The number of rotatable bonds is 6. The number of benzene rings is 2. The summed E-state index contributed by atoms with van der Waals surface area (Å²) >= 11 is 0. The summed E-state index contributed by atoms with van der Waals surface area (Å²) in [6, 6.07) is 13.9. The van der Waals surface area contributed by atoms with E-state index in [0.717, 1.165) is 11.1 Å². The van der Waals surface area contributed by atoms with E-state index in [9.17, 15) is 9.59 Å². The number of hydrogen-bond donors (Lipinski definition) is 1. The number of carbonyl (C=O) groups excluding carboxylic acids is 1. The summed E-state index contributed by atoms with van der Waals surface area (Å²) in [5.74, 6) is -1.81. The number of hydrogen-bond acceptors (Lipinski definition) is 3. The average molecular weight is 336 g/mol. The zero-order valence-corrected chi connectivity index (χ0v) is 13.9. The average Bonchev–Trinajstić information content (AvgIpc) is 2.66. The molecular weight excluding hydrogens is 316 g/mol. The third-order valence-electron chi connectivity index (χ3n) is 3.15. The maximum atomic E-state index is 11.4. The fraction of sp³-hybridized carbons (Fsp3) is 0.0476. The molecule has 2 aromatic carbocycles. The molecule has 0 radical (unpaired) electrons. The molecule has 0 saturated heterocycles. The van der Waals surface area contributed by atoms with Crippen LogP contribution in [0.5, 0.6) is 0 Å². The number of carbonyl (C=O) groups is 2. The van der Waals surface area contributed by atoms with E-state index < -0.39 is 11.9 Å². The maximum Gasteiger partial charge on any atom is 0.339 e. The van der Waals surface area contributed by atoms with Gasteiger partial charge in [0, 0.05) is 0 Å². The lowest BCUT2D eigenvalue weighted by molar-refractivity contribution is 0.0536. The Labute approximate surface area is 147 Å². The third kappa shape index (κ3) is 5.95. The van der Waals surface area contributed by atoms with Crippen molar-refractivity contribution in [3.8, 4) is 0 Å². The molecule has 4 nitrogen and oxygen atoms in total. The van der Waals surface area contributed by atoms with Gasteiger partial charge in [0.25, 0.3) is 0 Å². The van der Waals surface area contributed by atoms with Crippen LogP contribution >= 0.6 is 0 Å². The quantitative estimate of drug-likeness (QED) is 0.613. The number of carboxylic acid groups (broad SMARTS) is 1. The number of carboxylic acids is 1. The van der Waals surface area contributed by atoms with Crippen LogP contribution in [0.3, 0.4) is 0 Å². The highest BCUT2D eigenvalue weighted by atomic mass is 16.5. The molecule has 1 N–H and O–H groups in total. The van der Waals surface area contributed by atoms with E-state index in [4.69, 9.17) is 9.84 Å². The minimum absolute atomic E-state index is 0.0480. The minimum atomic E-state index is -1.15. The molecule has 0 heterocycles. The van der Waals surface area contributed by atoms with Crippen molar-refractivity contribution in [2.45, 2.75) is 0 Å². The maximum absolute atomic E-state index is 11.4. The zero-order chi connectivity index (χ0) is 18.7. The first-order valence-corrected chi connectivity index (χ1v) is 7.49. The topological polar surface area (TPSA) is 63.6 Å². The molecule has 0 spiro atoms. The Balaban J connectivity index is 0.000000271. The molecule has 0 bridgehead atoms. The van der Waals surface area contributed by atoms with Gasteiger partial charge >= 0.3 is 11.9 Å². The highest BCUT2D eigenvalue weighted by Gasteiger charge is 2.16. The summed E-state index contributed by atoms with van der Waals surface area (Å²) < 4.78 is 4.75. The Morgan fingerprint density at radius 2 is 1.36 bits per heavy atom. The molecule has 25 heavy (non-hydrogen) atoms. The van der Waals surface area contributed by atoms with E-state index in [1.54, 1.807) is 12.1 Å². The highest BCUT2D eigenvalue weighted by Crippen LogP contribution is 2.11. The molecule has 0 aromatic heterocycles. The van der Waals surface area contributed by atoms with Crippen LogP contribution in [0.1, 0.15) is 31.8 Å². The molecule has 2 aromatic rings. The Hall–Kier alpha value is -3.40. The number of esters is 1. The molecule has 0 aliphatic carbocycles. The Morgan fingerprint density at radius 1 is 0.880 bits per heavy atom. The van der Waals surface area contributed by atoms with Crippen molar-refractivity contribution in [2.24, 2.45) is 0 Å². The first-order valence-electron chi connectivity index (χ1n) is 7.49. The van der Waals surface area contributed by atoms with Gasteiger partial charge in [0.2, 0.25) is 0 Å². The van der Waals surface area contributed by atoms with Crippen LogP contribution in [-0.4, -0.2) is 23.7 Å². The molecule has 0 aliphatic heterocycles. The molecule has 0 saturated carbocycles. The van der Waals surface area contributed by atoms with Crippen molar-refractivity contribution < 1.29 is 19.4 Å². The molecule has 2 rings (SSSR count). The summed E-state index contributed by atoms with van der Waals surface area (Å²) in [6.07, 6.45) is 5.08. The standard InChI is InChI=1S/C11H10O4.C10H10/c1-2-7-15-11(14)9-6-4-3-5-8(9)10(12)13;1-3-9-7-5-6-8-10(9)4-2/h2-6H,1,7H2,(H,12,13);3-8H,1-2H2. The largest absolute Gasteiger partial charge is 0.478 e. The highest BCUT2D eigenvalue weighted by molar-refractivity contribution is 6.02. The van der Waals surface area contributed by atoms with Gasteiger partial charge in [-0.05, 0) is 23.3 Å². The summed E-state index contributed by atoms with van der Waals surface area (Å²) in [6.45, 7) is 10.8. The predicted molar refractivity (Wildman–Crippen MR) is 101 cm³/mol. The van der Waals surface area contributed by atoms with Gasteiger partial charge in [-0.3, -0.25) is 0 Å². The van der Waals surface area contributed by atoms with Crippen LogP contribution in [0.2, 0.25) is 0 Å². The molecule has 0 unspecified atom stereocenters. The van der Waals surface area contributed by atoms with Gasteiger partial charge in [0.1, 0.15) is 6.61 Å². The SMILES string of the molecule is C=CCOC(=O)c1ccccc1C(=O)O.C=Cc1ccccc1C=C. The summed E-state index contributed by atoms with van der Waals surface area (Å²) in [4.78, 5) is 22.2. The van der Waals surface area contributed by atoms with E-state index in [0.29, 0.717) is 0 Å². The van der Waals surface area contributed by atoms with E-state index in [1.165, 1.54) is 18.2 Å². The molecule has 0 amide bonds. The lowest BCUT2D eigenvalue weighted by Gasteiger charge is -2.04. The van der Waals surface area contributed by atoms with Gasteiger partial charge < -0.3 is 9.84 Å². The van der Waals surface area contributed by atoms with Crippen molar-refractivity contribution >= 4 is 24.1 Å². The zero-order valence-electron chi connectivity index (χ0n) is 13.9. The Morgan fingerprint density at radius 3 is 1.80 bits per heavy atom. The second kappa shape index (κ2) is 10.4. The van der Waals surface area contributed by atoms with Crippen molar-refractivity contribution in [3.63, 3.8) is 0 Å². The number of aromatic carboxylic acids is 1. The first kappa shape index (κ1) is 19.6. The van der Waals surface area contributed by atoms with Crippen molar-refractivity contribution in [3.05, 3.63) is 96.6 Å². The van der Waals surface area contributed by atoms with E-state index in [-0.39, 0.29) is 17.7 Å². The van der Waals surface area contributed by atoms with Crippen molar-refractivity contribution in [1.82, 2.24) is 0 Å². The molecule has 0 fully saturated rings. The van der Waals surface area contributed by atoms with E-state index >= 15 is 0 Å². The molecule has 128 valence electrons. The molecular formula is C21H20O4. The van der Waals surface area contributed by atoms with Gasteiger partial charge in [-0.2, -0.15) is 0 Å². The van der Waals surface area contributed by atoms with Crippen molar-refractivity contribution in [2.75, 3.05) is 6.61 Å². The van der Waals surface area contributed by atoms with Gasteiger partial charge in [-0.15, -0.1) is 0 Å². The molecule has 4 heteroatoms.